The second-order valence-electron chi connectivity index (χ2n) is 4.56. The van der Waals surface area contributed by atoms with Crippen LogP contribution in [-0.4, -0.2) is 20.9 Å². The van der Waals surface area contributed by atoms with E-state index in [-0.39, 0.29) is 16.4 Å². The van der Waals surface area contributed by atoms with Crippen LogP contribution in [0.2, 0.25) is 0 Å². The van der Waals surface area contributed by atoms with E-state index in [1.807, 2.05) is 0 Å². The summed E-state index contributed by atoms with van der Waals surface area (Å²) in [6.07, 6.45) is 3.41. The first-order chi connectivity index (χ1) is 8.38. The maximum atomic E-state index is 11.7. The maximum Gasteiger partial charge on any atom is 0.287 e. The van der Waals surface area contributed by atoms with Crippen LogP contribution >= 0.6 is 0 Å². The van der Waals surface area contributed by atoms with Crippen LogP contribution in [0.5, 0.6) is 0 Å². The third-order valence-corrected chi connectivity index (χ3v) is 3.96. The number of sulfonamides is 1. The van der Waals surface area contributed by atoms with E-state index in [1.54, 1.807) is 0 Å². The van der Waals surface area contributed by atoms with Crippen molar-refractivity contribution in [3.05, 3.63) is 17.6 Å². The summed E-state index contributed by atoms with van der Waals surface area (Å²) >= 11 is 0. The molecule has 0 aromatic carbocycles. The summed E-state index contributed by atoms with van der Waals surface area (Å²) in [7, 11) is -3.84. The third-order valence-electron chi connectivity index (χ3n) is 2.94. The number of furan rings is 1. The minimum atomic E-state index is -3.84. The van der Waals surface area contributed by atoms with Gasteiger partial charge in [-0.15, -0.1) is 0 Å². The van der Waals surface area contributed by atoms with Crippen molar-refractivity contribution < 1.29 is 17.6 Å². The average Bonchev–Trinajstić information content (AvgIpc) is 2.98. The Balaban J connectivity index is 2.01. The molecule has 1 fully saturated rings. The quantitative estimate of drug-likeness (QED) is 0.826. The van der Waals surface area contributed by atoms with E-state index >= 15 is 0 Å². The van der Waals surface area contributed by atoms with Gasteiger partial charge in [0, 0.05) is 12.6 Å². The van der Waals surface area contributed by atoms with Crippen LogP contribution in [0.1, 0.15) is 35.6 Å². The topological polar surface area (TPSA) is 102 Å². The molecule has 1 saturated carbocycles. The minimum absolute atomic E-state index is 0.0210. The molecule has 1 aliphatic carbocycles. The summed E-state index contributed by atoms with van der Waals surface area (Å²) in [6, 6.07) is 1.16. The minimum Gasteiger partial charge on any atom is -0.455 e. The van der Waals surface area contributed by atoms with Crippen LogP contribution in [0.3, 0.4) is 0 Å². The standard InChI is InChI=1S/C11H16N2O4S/c1-7-10(18(12,15)16)6-9(17-7)11(14)13-5-4-8-2-3-8/h6,8H,2-5H2,1H3,(H,13,14)(H2,12,15,16). The van der Waals surface area contributed by atoms with Crippen LogP contribution in [0.15, 0.2) is 15.4 Å². The molecule has 1 aromatic heterocycles. The fourth-order valence-corrected chi connectivity index (χ4v) is 2.46. The molecule has 0 atom stereocenters. The van der Waals surface area contributed by atoms with Crippen LogP contribution in [0.25, 0.3) is 0 Å². The molecule has 100 valence electrons. The third kappa shape index (κ3) is 3.11. The van der Waals surface area contributed by atoms with Crippen LogP contribution in [0, 0.1) is 12.8 Å². The van der Waals surface area contributed by atoms with Crippen LogP contribution in [-0.2, 0) is 10.0 Å². The summed E-state index contributed by atoms with van der Waals surface area (Å²) in [5.74, 6) is 0.425. The molecule has 1 amide bonds. The Morgan fingerprint density at radius 1 is 1.56 bits per heavy atom. The maximum absolute atomic E-state index is 11.7. The number of nitrogens with one attached hydrogen (secondary N) is 1. The Morgan fingerprint density at radius 2 is 2.22 bits per heavy atom. The molecule has 0 bridgehead atoms. The van der Waals surface area contributed by atoms with E-state index in [0.29, 0.717) is 6.54 Å². The van der Waals surface area contributed by atoms with Gasteiger partial charge >= 0.3 is 0 Å². The fraction of sp³-hybridized carbons (Fsp3) is 0.545. The number of nitrogens with two attached hydrogens (primary N) is 1. The lowest BCUT2D eigenvalue weighted by Gasteiger charge is -2.01. The summed E-state index contributed by atoms with van der Waals surface area (Å²) in [5.41, 5.74) is 0. The van der Waals surface area contributed by atoms with Gasteiger partial charge in [0.05, 0.1) is 0 Å². The first-order valence-electron chi connectivity index (χ1n) is 5.79. The van der Waals surface area contributed by atoms with Crippen molar-refractivity contribution in [3.63, 3.8) is 0 Å². The number of aryl methyl sites for hydroxylation is 1. The van der Waals surface area contributed by atoms with Crippen molar-refractivity contribution in [1.82, 2.24) is 5.32 Å². The van der Waals surface area contributed by atoms with E-state index in [1.165, 1.54) is 19.8 Å². The van der Waals surface area contributed by atoms with Crippen molar-refractivity contribution in [2.24, 2.45) is 11.1 Å². The van der Waals surface area contributed by atoms with Gasteiger partial charge in [0.2, 0.25) is 10.0 Å². The lowest BCUT2D eigenvalue weighted by molar-refractivity contribution is 0.0923. The molecule has 0 saturated heterocycles. The van der Waals surface area contributed by atoms with Crippen LogP contribution in [0.4, 0.5) is 0 Å². The molecule has 0 radical (unpaired) electrons. The Bertz CT molecular complexity index is 558. The van der Waals surface area contributed by atoms with Crippen molar-refractivity contribution in [2.75, 3.05) is 6.54 Å². The number of hydrogen-bond donors (Lipinski definition) is 2. The molecule has 18 heavy (non-hydrogen) atoms. The molecule has 1 heterocycles. The van der Waals surface area contributed by atoms with Crippen molar-refractivity contribution in [3.8, 4) is 0 Å². The monoisotopic (exact) mass is 272 g/mol. The van der Waals surface area contributed by atoms with Gasteiger partial charge in [-0.3, -0.25) is 4.79 Å². The van der Waals surface area contributed by atoms with E-state index in [0.717, 1.165) is 18.4 Å². The zero-order chi connectivity index (χ0) is 13.3. The van der Waals surface area contributed by atoms with E-state index < -0.39 is 15.9 Å². The molecule has 2 rings (SSSR count). The predicted octanol–water partition coefficient (Wildman–Crippen LogP) is 0.765. The first kappa shape index (κ1) is 13.1. The summed E-state index contributed by atoms with van der Waals surface area (Å²) in [4.78, 5) is 11.6. The molecule has 3 N–H and O–H groups in total. The van der Waals surface area contributed by atoms with Gasteiger partial charge in [-0.2, -0.15) is 0 Å². The number of rotatable bonds is 5. The highest BCUT2D eigenvalue weighted by molar-refractivity contribution is 7.89. The Kier molecular flexibility index (Phi) is 3.45. The van der Waals surface area contributed by atoms with Gasteiger partial charge in [-0.1, -0.05) is 12.8 Å². The normalized spacial score (nSPS) is 15.7. The zero-order valence-electron chi connectivity index (χ0n) is 10.1. The van der Waals surface area contributed by atoms with Crippen molar-refractivity contribution in [2.45, 2.75) is 31.1 Å². The lowest BCUT2D eigenvalue weighted by atomic mass is 10.3. The molecular formula is C11H16N2O4S. The predicted molar refractivity (Wildman–Crippen MR) is 64.5 cm³/mol. The Hall–Kier alpha value is -1.34. The SMILES string of the molecule is Cc1oc(C(=O)NCCC2CC2)cc1S(N)(=O)=O. The zero-order valence-corrected chi connectivity index (χ0v) is 10.9. The van der Waals surface area contributed by atoms with Gasteiger partial charge < -0.3 is 9.73 Å². The average molecular weight is 272 g/mol. The molecule has 6 nitrogen and oxygen atoms in total. The van der Waals surface area contributed by atoms with Crippen molar-refractivity contribution >= 4 is 15.9 Å². The smallest absolute Gasteiger partial charge is 0.287 e. The number of carbonyl (C=O) groups is 1. The van der Waals surface area contributed by atoms with Gasteiger partial charge in [-0.05, 0) is 19.3 Å². The van der Waals surface area contributed by atoms with Gasteiger partial charge in [0.15, 0.2) is 5.76 Å². The van der Waals surface area contributed by atoms with Gasteiger partial charge in [0.25, 0.3) is 5.91 Å². The summed E-state index contributed by atoms with van der Waals surface area (Å²) < 4.78 is 27.5. The molecule has 7 heteroatoms. The van der Waals surface area contributed by atoms with Crippen molar-refractivity contribution in [1.29, 1.82) is 0 Å². The number of amides is 1. The Labute approximate surface area is 106 Å². The summed E-state index contributed by atoms with van der Waals surface area (Å²) in [5, 5.41) is 7.69. The second kappa shape index (κ2) is 4.74. The van der Waals surface area contributed by atoms with Gasteiger partial charge in [-0.25, -0.2) is 13.6 Å². The van der Waals surface area contributed by atoms with E-state index in [2.05, 4.69) is 5.32 Å². The summed E-state index contributed by atoms with van der Waals surface area (Å²) in [6.45, 7) is 2.04. The highest BCUT2D eigenvalue weighted by Crippen LogP contribution is 2.31. The molecular weight excluding hydrogens is 256 g/mol. The largest absolute Gasteiger partial charge is 0.455 e. The fourth-order valence-electron chi connectivity index (χ4n) is 1.74. The molecule has 0 aliphatic heterocycles. The molecule has 1 aliphatic rings. The molecule has 0 spiro atoms. The molecule has 0 unspecified atom stereocenters. The Morgan fingerprint density at radius 3 is 2.72 bits per heavy atom. The highest BCUT2D eigenvalue weighted by atomic mass is 32.2. The highest BCUT2D eigenvalue weighted by Gasteiger charge is 2.23. The first-order valence-corrected chi connectivity index (χ1v) is 7.34. The molecule has 1 aromatic rings. The van der Waals surface area contributed by atoms with E-state index in [4.69, 9.17) is 9.56 Å². The lowest BCUT2D eigenvalue weighted by Crippen LogP contribution is -2.24. The van der Waals surface area contributed by atoms with E-state index in [9.17, 15) is 13.2 Å². The van der Waals surface area contributed by atoms with Gasteiger partial charge in [0.1, 0.15) is 10.7 Å². The number of hydrogen-bond acceptors (Lipinski definition) is 4. The van der Waals surface area contributed by atoms with Crippen LogP contribution < -0.4 is 10.5 Å². The second-order valence-corrected chi connectivity index (χ2v) is 6.09. The number of primary sulfonamides is 1. The number of carbonyl (C=O) groups excluding carboxylic acids is 1.